The van der Waals surface area contributed by atoms with Crippen molar-refractivity contribution in [2.24, 2.45) is 0 Å². The Labute approximate surface area is 128 Å². The maximum absolute atomic E-state index is 12.4. The van der Waals surface area contributed by atoms with Crippen LogP contribution in [0.1, 0.15) is 0 Å². The zero-order chi connectivity index (χ0) is 15.6. The molecule has 0 radical (unpaired) electrons. The second-order valence-electron chi connectivity index (χ2n) is 4.54. The first-order valence-corrected chi connectivity index (χ1v) is 7.99. The van der Waals surface area contributed by atoms with Gasteiger partial charge in [0, 0.05) is 5.56 Å². The van der Waals surface area contributed by atoms with E-state index in [-0.39, 0.29) is 10.1 Å². The Bertz CT molecular complexity index is 868. The largest absolute Gasteiger partial charge is 0.497 e. The van der Waals surface area contributed by atoms with Gasteiger partial charge in [0.2, 0.25) is 0 Å². The number of aromatic nitrogens is 1. The lowest BCUT2D eigenvalue weighted by Crippen LogP contribution is -2.01. The monoisotopic (exact) mass is 315 g/mol. The van der Waals surface area contributed by atoms with Gasteiger partial charge in [-0.2, -0.15) is 4.98 Å². The molecule has 0 unspecified atom stereocenters. The number of nitrogens with zero attached hydrogens (tertiary/aromatic N) is 1. The average molecular weight is 315 g/mol. The number of oxazole rings is 1. The summed E-state index contributed by atoms with van der Waals surface area (Å²) >= 11 is 0. The fourth-order valence-electron chi connectivity index (χ4n) is 1.98. The Kier molecular flexibility index (Phi) is 3.68. The number of hydrogen-bond donors (Lipinski definition) is 0. The molecule has 0 atom stereocenters. The summed E-state index contributed by atoms with van der Waals surface area (Å²) in [7, 11) is -2.16. The molecule has 0 saturated heterocycles. The second kappa shape index (κ2) is 5.65. The van der Waals surface area contributed by atoms with Crippen LogP contribution in [0.15, 0.2) is 75.4 Å². The summed E-state index contributed by atoms with van der Waals surface area (Å²) in [6, 6.07) is 15.2. The predicted octanol–water partition coefficient (Wildman–Crippen LogP) is 3.18. The zero-order valence-corrected chi connectivity index (χ0v) is 12.6. The molecule has 22 heavy (non-hydrogen) atoms. The van der Waals surface area contributed by atoms with Crippen molar-refractivity contribution in [3.8, 4) is 17.0 Å². The van der Waals surface area contributed by atoms with Gasteiger partial charge in [-0.15, -0.1) is 0 Å². The van der Waals surface area contributed by atoms with Crippen LogP contribution in [-0.4, -0.2) is 20.5 Å². The molecule has 0 amide bonds. The van der Waals surface area contributed by atoms with Crippen molar-refractivity contribution < 1.29 is 17.6 Å². The Balaban J connectivity index is 1.96. The third-order valence-corrected chi connectivity index (χ3v) is 4.69. The van der Waals surface area contributed by atoms with Crippen molar-refractivity contribution in [1.29, 1.82) is 0 Å². The third-order valence-electron chi connectivity index (χ3n) is 3.15. The molecular formula is C16H13NO4S. The van der Waals surface area contributed by atoms with E-state index in [0.717, 1.165) is 5.56 Å². The Morgan fingerprint density at radius 2 is 1.68 bits per heavy atom. The van der Waals surface area contributed by atoms with Gasteiger partial charge in [-0.05, 0) is 36.4 Å². The molecule has 5 nitrogen and oxygen atoms in total. The van der Waals surface area contributed by atoms with E-state index in [1.807, 2.05) is 0 Å². The lowest BCUT2D eigenvalue weighted by Gasteiger charge is -2.00. The van der Waals surface area contributed by atoms with Crippen molar-refractivity contribution in [2.75, 3.05) is 7.11 Å². The number of ether oxygens (including phenoxy) is 1. The number of hydrogen-bond acceptors (Lipinski definition) is 5. The lowest BCUT2D eigenvalue weighted by molar-refractivity contribution is 0.415. The highest BCUT2D eigenvalue weighted by atomic mass is 32.2. The Morgan fingerprint density at radius 1 is 1.00 bits per heavy atom. The van der Waals surface area contributed by atoms with Gasteiger partial charge in [-0.25, -0.2) is 8.42 Å². The summed E-state index contributed by atoms with van der Waals surface area (Å²) in [6.07, 6.45) is 1.33. The van der Waals surface area contributed by atoms with Crippen LogP contribution in [0.3, 0.4) is 0 Å². The van der Waals surface area contributed by atoms with Crippen LogP contribution < -0.4 is 4.74 Å². The highest BCUT2D eigenvalue weighted by molar-refractivity contribution is 7.91. The molecule has 2 aromatic carbocycles. The molecule has 0 N–H and O–H groups in total. The van der Waals surface area contributed by atoms with E-state index in [4.69, 9.17) is 9.15 Å². The maximum Gasteiger partial charge on any atom is 0.320 e. The Morgan fingerprint density at radius 3 is 2.32 bits per heavy atom. The van der Waals surface area contributed by atoms with E-state index in [9.17, 15) is 8.42 Å². The number of methoxy groups -OCH3 is 1. The van der Waals surface area contributed by atoms with Crippen molar-refractivity contribution in [3.63, 3.8) is 0 Å². The third kappa shape index (κ3) is 2.60. The molecule has 1 aromatic heterocycles. The van der Waals surface area contributed by atoms with Crippen LogP contribution >= 0.6 is 0 Å². The Hall–Kier alpha value is -2.60. The van der Waals surface area contributed by atoms with E-state index in [1.54, 1.807) is 49.6 Å². The van der Waals surface area contributed by atoms with Crippen molar-refractivity contribution in [2.45, 2.75) is 10.1 Å². The molecule has 3 aromatic rings. The molecule has 0 saturated carbocycles. The topological polar surface area (TPSA) is 69.4 Å². The molecule has 0 spiro atoms. The van der Waals surface area contributed by atoms with Gasteiger partial charge in [0.15, 0.2) is 0 Å². The molecule has 0 aliphatic heterocycles. The number of rotatable bonds is 4. The standard InChI is InChI=1S/C16H13NO4S/c1-20-13-9-7-12(8-10-13)15-11-21-16(17-15)22(18,19)14-5-3-2-4-6-14/h2-11H,1H3. The van der Waals surface area contributed by atoms with Crippen LogP contribution in [-0.2, 0) is 9.84 Å². The molecule has 3 rings (SSSR count). The van der Waals surface area contributed by atoms with Gasteiger partial charge in [-0.1, -0.05) is 18.2 Å². The predicted molar refractivity (Wildman–Crippen MR) is 80.4 cm³/mol. The molecule has 0 aliphatic carbocycles. The minimum atomic E-state index is -3.74. The quantitative estimate of drug-likeness (QED) is 0.739. The number of benzene rings is 2. The molecule has 1 heterocycles. The summed E-state index contributed by atoms with van der Waals surface area (Å²) in [4.78, 5) is 4.24. The summed E-state index contributed by atoms with van der Waals surface area (Å²) in [5, 5.41) is -0.315. The SMILES string of the molecule is COc1ccc(-c2coc(S(=O)(=O)c3ccccc3)n2)cc1. The van der Waals surface area contributed by atoms with Crippen LogP contribution in [0.25, 0.3) is 11.3 Å². The number of sulfone groups is 1. The van der Waals surface area contributed by atoms with Crippen LogP contribution in [0.4, 0.5) is 0 Å². The maximum atomic E-state index is 12.4. The van der Waals surface area contributed by atoms with Crippen LogP contribution in [0, 0.1) is 0 Å². The van der Waals surface area contributed by atoms with Crippen LogP contribution in [0.5, 0.6) is 5.75 Å². The van der Waals surface area contributed by atoms with Gasteiger partial charge >= 0.3 is 5.22 Å². The second-order valence-corrected chi connectivity index (χ2v) is 6.37. The molecule has 6 heteroatoms. The molecule has 0 aliphatic rings. The highest BCUT2D eigenvalue weighted by Gasteiger charge is 2.23. The lowest BCUT2D eigenvalue weighted by atomic mass is 10.2. The van der Waals surface area contributed by atoms with Crippen molar-refractivity contribution in [1.82, 2.24) is 4.98 Å². The fraction of sp³-hybridized carbons (Fsp3) is 0.0625. The van der Waals surface area contributed by atoms with E-state index >= 15 is 0 Å². The first kappa shape index (κ1) is 14.3. The first-order chi connectivity index (χ1) is 10.6. The van der Waals surface area contributed by atoms with E-state index < -0.39 is 9.84 Å². The van der Waals surface area contributed by atoms with E-state index in [0.29, 0.717) is 11.4 Å². The molecule has 112 valence electrons. The minimum absolute atomic E-state index is 0.151. The van der Waals surface area contributed by atoms with Crippen molar-refractivity contribution in [3.05, 3.63) is 60.9 Å². The van der Waals surface area contributed by atoms with Gasteiger partial charge < -0.3 is 9.15 Å². The van der Waals surface area contributed by atoms with Crippen molar-refractivity contribution >= 4 is 9.84 Å². The summed E-state index contributed by atoms with van der Waals surface area (Å²) < 4.78 is 35.1. The van der Waals surface area contributed by atoms with Gasteiger partial charge in [0.25, 0.3) is 9.84 Å². The zero-order valence-electron chi connectivity index (χ0n) is 11.8. The van der Waals surface area contributed by atoms with Gasteiger partial charge in [0.05, 0.1) is 12.0 Å². The minimum Gasteiger partial charge on any atom is -0.497 e. The molecule has 0 bridgehead atoms. The summed E-state index contributed by atoms with van der Waals surface area (Å²) in [5.41, 5.74) is 1.20. The van der Waals surface area contributed by atoms with E-state index in [2.05, 4.69) is 4.98 Å². The highest BCUT2D eigenvalue weighted by Crippen LogP contribution is 2.25. The first-order valence-electron chi connectivity index (χ1n) is 6.51. The summed E-state index contributed by atoms with van der Waals surface area (Å²) in [6.45, 7) is 0. The summed E-state index contributed by atoms with van der Waals surface area (Å²) in [5.74, 6) is 0.712. The molecular weight excluding hydrogens is 302 g/mol. The van der Waals surface area contributed by atoms with E-state index in [1.165, 1.54) is 18.4 Å². The van der Waals surface area contributed by atoms with Gasteiger partial charge in [-0.3, -0.25) is 0 Å². The van der Waals surface area contributed by atoms with Gasteiger partial charge in [0.1, 0.15) is 17.7 Å². The fourth-order valence-corrected chi connectivity index (χ4v) is 3.09. The smallest absolute Gasteiger partial charge is 0.320 e. The average Bonchev–Trinajstić information content (AvgIpc) is 3.06. The van der Waals surface area contributed by atoms with Crippen LogP contribution in [0.2, 0.25) is 0 Å². The molecule has 0 fully saturated rings. The normalized spacial score (nSPS) is 11.3.